The van der Waals surface area contributed by atoms with Crippen molar-refractivity contribution >= 4 is 5.97 Å². The first-order valence-corrected chi connectivity index (χ1v) is 10.5. The van der Waals surface area contributed by atoms with Gasteiger partial charge < -0.3 is 44.6 Å². The number of likely N-dealkylation sites (N-methyl/N-ethyl adjacent to an activating group) is 1. The third-order valence-corrected chi connectivity index (χ3v) is 7.58. The molecule has 0 saturated carbocycles. The second-order valence-electron chi connectivity index (χ2n) is 9.16. The van der Waals surface area contributed by atoms with E-state index in [1.165, 1.54) is 4.90 Å². The van der Waals surface area contributed by atoms with Gasteiger partial charge in [0.1, 0.15) is 30.5 Å². The standard InChI is InChI=1S/C22H25NO9/c1-23-7-22-9-3-4-11(24)19(22)31-17-12(5-2-8(13(17)22)6-10(9)23)30-21-16(27)14(25)15(26)18(32-21)20(28)29/h2-5,9-11,14-16,18-19,21,24-27H,6-7H2,1H3,(H,28,29)/t9-,10+,11-,14-,15-,16+,18-,19-,21+,22-/m0/s1/i1D3. The van der Waals surface area contributed by atoms with Gasteiger partial charge in [-0.25, -0.2) is 4.79 Å². The summed E-state index contributed by atoms with van der Waals surface area (Å²) in [5.74, 6) is -1.41. The van der Waals surface area contributed by atoms with E-state index >= 15 is 0 Å². The number of carbonyl (C=O) groups is 1. The molecule has 0 radical (unpaired) electrons. The number of benzene rings is 1. The summed E-state index contributed by atoms with van der Waals surface area (Å²) in [6, 6.07) is 3.00. The Kier molecular flexibility index (Phi) is 3.60. The molecule has 5 aliphatic rings. The van der Waals surface area contributed by atoms with Gasteiger partial charge in [-0.1, -0.05) is 18.2 Å². The number of carboxylic acid groups (broad SMARTS) is 1. The van der Waals surface area contributed by atoms with Gasteiger partial charge in [-0.15, -0.1) is 0 Å². The molecule has 10 heteroatoms. The fourth-order valence-corrected chi connectivity index (χ4v) is 6.18. The molecule has 1 spiro atoms. The van der Waals surface area contributed by atoms with Gasteiger partial charge in [0, 0.05) is 28.2 Å². The van der Waals surface area contributed by atoms with Crippen LogP contribution in [0.3, 0.4) is 0 Å². The minimum Gasteiger partial charge on any atom is -0.482 e. The quantitative estimate of drug-likeness (QED) is 0.340. The minimum atomic E-state index is -2.34. The van der Waals surface area contributed by atoms with Gasteiger partial charge in [-0.3, -0.25) is 0 Å². The van der Waals surface area contributed by atoms with Crippen molar-refractivity contribution in [3.8, 4) is 11.5 Å². The van der Waals surface area contributed by atoms with Crippen LogP contribution < -0.4 is 9.47 Å². The molecule has 0 amide bonds. The average molecular weight is 450 g/mol. The predicted octanol–water partition coefficient (Wildman–Crippen LogP) is -1.63. The molecular weight excluding hydrogens is 422 g/mol. The van der Waals surface area contributed by atoms with Gasteiger partial charge in [-0.05, 0) is 25.0 Å². The Labute approximate surface area is 187 Å². The summed E-state index contributed by atoms with van der Waals surface area (Å²) in [4.78, 5) is 12.9. The largest absolute Gasteiger partial charge is 0.482 e. The maximum absolute atomic E-state index is 11.5. The van der Waals surface area contributed by atoms with Crippen LogP contribution in [0.4, 0.5) is 0 Å². The second kappa shape index (κ2) is 6.66. The number of likely N-dealkylation sites (tertiary alicyclic amines) is 1. The normalized spacial score (nSPS) is 47.8. The number of hydrogen-bond donors (Lipinski definition) is 5. The Bertz CT molecular complexity index is 1110. The Balaban J connectivity index is 1.41. The second-order valence-corrected chi connectivity index (χ2v) is 9.16. The van der Waals surface area contributed by atoms with Crippen LogP contribution in [0.1, 0.15) is 15.2 Å². The summed E-state index contributed by atoms with van der Waals surface area (Å²) in [5.41, 5.74) is 0.743. The van der Waals surface area contributed by atoms with Gasteiger partial charge >= 0.3 is 5.97 Å². The Morgan fingerprint density at radius 3 is 2.78 bits per heavy atom. The van der Waals surface area contributed by atoms with Crippen LogP contribution in [0.15, 0.2) is 24.3 Å². The highest BCUT2D eigenvalue weighted by Crippen LogP contribution is 2.62. The van der Waals surface area contributed by atoms with Crippen molar-refractivity contribution in [2.75, 3.05) is 13.5 Å². The number of aliphatic hydroxyl groups is 4. The molecule has 10 atom stereocenters. The summed E-state index contributed by atoms with van der Waals surface area (Å²) < 4.78 is 41.5. The van der Waals surface area contributed by atoms with Crippen LogP contribution >= 0.6 is 0 Å². The van der Waals surface area contributed by atoms with E-state index in [-0.39, 0.29) is 30.0 Å². The zero-order valence-corrected chi connectivity index (χ0v) is 16.7. The van der Waals surface area contributed by atoms with Crippen molar-refractivity contribution in [3.05, 3.63) is 35.4 Å². The van der Waals surface area contributed by atoms with E-state index in [1.54, 1.807) is 18.2 Å². The Morgan fingerprint density at radius 2 is 2.03 bits per heavy atom. The lowest BCUT2D eigenvalue weighted by molar-refractivity contribution is -0.271. The van der Waals surface area contributed by atoms with E-state index in [1.807, 2.05) is 6.08 Å². The molecule has 10 nitrogen and oxygen atoms in total. The zero-order valence-electron chi connectivity index (χ0n) is 19.7. The van der Waals surface area contributed by atoms with Gasteiger partial charge in [0.15, 0.2) is 17.6 Å². The summed E-state index contributed by atoms with van der Waals surface area (Å²) in [6.45, 7) is -2.20. The van der Waals surface area contributed by atoms with Crippen LogP contribution in [0.25, 0.3) is 0 Å². The van der Waals surface area contributed by atoms with Crippen molar-refractivity contribution < 1.29 is 48.7 Å². The lowest BCUT2D eigenvalue weighted by atomic mass is 9.59. The van der Waals surface area contributed by atoms with Crippen molar-refractivity contribution in [3.63, 3.8) is 0 Å². The molecule has 2 fully saturated rings. The molecule has 0 unspecified atom stereocenters. The van der Waals surface area contributed by atoms with Gasteiger partial charge in [0.25, 0.3) is 0 Å². The highest BCUT2D eigenvalue weighted by molar-refractivity contribution is 5.73. The Hall–Kier alpha value is -2.21. The van der Waals surface area contributed by atoms with E-state index < -0.39 is 61.3 Å². The maximum atomic E-state index is 11.5. The number of ether oxygens (including phenoxy) is 3. The van der Waals surface area contributed by atoms with Gasteiger partial charge in [-0.2, -0.15) is 0 Å². The van der Waals surface area contributed by atoms with Crippen LogP contribution in [0, 0.1) is 5.92 Å². The van der Waals surface area contributed by atoms with Crippen LogP contribution in [0.2, 0.25) is 0 Å². The number of hydrogen-bond acceptors (Lipinski definition) is 9. The third kappa shape index (κ3) is 2.42. The summed E-state index contributed by atoms with van der Waals surface area (Å²) >= 11 is 0. The number of carboxylic acids is 1. The molecule has 3 heterocycles. The monoisotopic (exact) mass is 450 g/mol. The molecule has 1 aromatic rings. The molecule has 3 aliphatic heterocycles. The van der Waals surface area contributed by atoms with E-state index in [9.17, 15) is 30.3 Å². The molecule has 2 bridgehead atoms. The third-order valence-electron chi connectivity index (χ3n) is 7.58. The van der Waals surface area contributed by atoms with Crippen LogP contribution in [-0.4, -0.2) is 98.9 Å². The molecule has 2 saturated heterocycles. The Morgan fingerprint density at radius 1 is 1.22 bits per heavy atom. The molecule has 1 aromatic carbocycles. The molecular formula is C22H25NO9. The summed E-state index contributed by atoms with van der Waals surface area (Å²) in [7, 11) is 0. The van der Waals surface area contributed by atoms with Crippen molar-refractivity contribution in [2.24, 2.45) is 5.92 Å². The number of aliphatic hydroxyl groups excluding tert-OH is 4. The number of rotatable bonds is 3. The highest BCUT2D eigenvalue weighted by Gasteiger charge is 2.67. The molecule has 172 valence electrons. The first-order valence-electron chi connectivity index (χ1n) is 12.0. The summed E-state index contributed by atoms with van der Waals surface area (Å²) in [6.07, 6.45) is -6.77. The lowest BCUT2D eigenvalue weighted by Gasteiger charge is -2.43. The predicted molar refractivity (Wildman–Crippen MR) is 106 cm³/mol. The molecule has 2 aliphatic carbocycles. The molecule has 0 aromatic heterocycles. The van der Waals surface area contributed by atoms with E-state index in [4.69, 9.17) is 18.3 Å². The zero-order chi connectivity index (χ0) is 25.0. The van der Waals surface area contributed by atoms with Crippen LogP contribution in [0.5, 0.6) is 11.5 Å². The fraction of sp³-hybridized carbons (Fsp3) is 0.591. The molecule has 32 heavy (non-hydrogen) atoms. The van der Waals surface area contributed by atoms with E-state index in [0.29, 0.717) is 6.42 Å². The van der Waals surface area contributed by atoms with Crippen molar-refractivity contribution in [1.82, 2.24) is 4.90 Å². The van der Waals surface area contributed by atoms with Crippen molar-refractivity contribution in [1.29, 1.82) is 0 Å². The fourth-order valence-electron chi connectivity index (χ4n) is 6.18. The number of aliphatic carboxylic acids is 1. The van der Waals surface area contributed by atoms with E-state index in [0.717, 1.165) is 11.1 Å². The first kappa shape index (κ1) is 17.3. The maximum Gasteiger partial charge on any atom is 0.335 e. The lowest BCUT2D eigenvalue weighted by Crippen LogP contribution is -2.61. The van der Waals surface area contributed by atoms with Gasteiger partial charge in [0.2, 0.25) is 6.29 Å². The smallest absolute Gasteiger partial charge is 0.335 e. The number of nitrogens with zero attached hydrogens (tertiary/aromatic N) is 1. The van der Waals surface area contributed by atoms with Gasteiger partial charge in [0.05, 0.1) is 5.41 Å². The first-order chi connectivity index (χ1) is 16.4. The topological polar surface area (TPSA) is 149 Å². The van der Waals surface area contributed by atoms with Crippen molar-refractivity contribution in [2.45, 2.75) is 60.8 Å². The molecule has 5 N–H and O–H groups in total. The average Bonchev–Trinajstić information content (AvgIpc) is 3.27. The summed E-state index contributed by atoms with van der Waals surface area (Å²) in [5, 5.41) is 50.6. The van der Waals surface area contributed by atoms with Crippen LogP contribution in [-0.2, 0) is 21.4 Å². The molecule has 6 rings (SSSR count). The SMILES string of the molecule is [2H]C([2H])([2H])N1C[C@]23c4c5ccc(O[C@@H]6O[C@H](C(=O)O)[C@@H](O)[C@H](O)[C@H]6O)c4O[C@H]2[C@@H](O)C=C[C@H]3[C@H]1C5. The highest BCUT2D eigenvalue weighted by atomic mass is 16.7. The van der Waals surface area contributed by atoms with E-state index in [2.05, 4.69) is 0 Å². The minimum absolute atomic E-state index is 0.0843.